The van der Waals surface area contributed by atoms with Crippen molar-refractivity contribution in [2.75, 3.05) is 6.61 Å². The van der Waals surface area contributed by atoms with E-state index in [0.29, 0.717) is 12.3 Å². The molecule has 0 aliphatic rings. The minimum absolute atomic E-state index is 0.00244. The average Bonchev–Trinajstić information content (AvgIpc) is 2.80. The van der Waals surface area contributed by atoms with Gasteiger partial charge >= 0.3 is 6.03 Å². The Labute approximate surface area is 177 Å². The van der Waals surface area contributed by atoms with Crippen molar-refractivity contribution >= 4 is 6.03 Å². The molecule has 0 saturated carbocycles. The maximum absolute atomic E-state index is 12.6. The van der Waals surface area contributed by atoms with Gasteiger partial charge in [-0.1, -0.05) is 72.8 Å². The number of carbonyl (C=O) groups excluding carboxylic acids is 1. The molecule has 2 N–H and O–H groups in total. The second-order valence-corrected chi connectivity index (χ2v) is 6.91. The van der Waals surface area contributed by atoms with Crippen LogP contribution < -0.4 is 15.4 Å². The van der Waals surface area contributed by atoms with Crippen LogP contribution in [0.3, 0.4) is 0 Å². The van der Waals surface area contributed by atoms with E-state index in [2.05, 4.69) is 22.8 Å². The van der Waals surface area contributed by atoms with Crippen molar-refractivity contribution in [3.63, 3.8) is 0 Å². The number of ether oxygens (including phenoxy) is 1. The summed E-state index contributed by atoms with van der Waals surface area (Å²) in [5.41, 5.74) is 3.23. The molecule has 0 aliphatic carbocycles. The highest BCUT2D eigenvalue weighted by Crippen LogP contribution is 2.19. The standard InChI is InChI=1S/C25H25N3O2/c26-16-17-30-23-13-7-10-21(18-23)19-27-25(29)28-24(22-11-5-2-6-12-22)15-14-20-8-3-1-4-9-20/h1-13,18,24H,14-15,17,19H2,(H2,27,28,29). The number of hydrogen-bond donors (Lipinski definition) is 2. The van der Waals surface area contributed by atoms with Gasteiger partial charge in [0, 0.05) is 6.54 Å². The van der Waals surface area contributed by atoms with Crippen molar-refractivity contribution in [2.24, 2.45) is 0 Å². The summed E-state index contributed by atoms with van der Waals surface area (Å²) in [6, 6.07) is 29.3. The lowest BCUT2D eigenvalue weighted by atomic mass is 9.99. The number of urea groups is 1. The molecule has 5 nitrogen and oxygen atoms in total. The fourth-order valence-electron chi connectivity index (χ4n) is 3.22. The number of benzene rings is 3. The van der Waals surface area contributed by atoms with Crippen molar-refractivity contribution in [2.45, 2.75) is 25.4 Å². The molecule has 0 saturated heterocycles. The molecule has 3 rings (SSSR count). The molecule has 0 heterocycles. The molecular formula is C25H25N3O2. The fourth-order valence-corrected chi connectivity index (χ4v) is 3.22. The number of nitrogens with one attached hydrogen (secondary N) is 2. The second-order valence-electron chi connectivity index (χ2n) is 6.91. The molecule has 0 fully saturated rings. The Balaban J connectivity index is 1.58. The summed E-state index contributed by atoms with van der Waals surface area (Å²) in [7, 11) is 0. The van der Waals surface area contributed by atoms with Crippen LogP contribution in [0.1, 0.15) is 29.2 Å². The van der Waals surface area contributed by atoms with Gasteiger partial charge in [-0.25, -0.2) is 4.79 Å². The zero-order chi connectivity index (χ0) is 21.0. The van der Waals surface area contributed by atoms with E-state index in [0.717, 1.165) is 24.0 Å². The third-order valence-corrected chi connectivity index (χ3v) is 4.73. The minimum atomic E-state index is -0.222. The minimum Gasteiger partial charge on any atom is -0.479 e. The van der Waals surface area contributed by atoms with Crippen LogP contribution in [0.2, 0.25) is 0 Å². The quantitative estimate of drug-likeness (QED) is 0.545. The molecule has 3 aromatic carbocycles. The summed E-state index contributed by atoms with van der Waals surface area (Å²) in [4.78, 5) is 12.6. The summed E-state index contributed by atoms with van der Waals surface area (Å²) >= 11 is 0. The van der Waals surface area contributed by atoms with Gasteiger partial charge in [0.2, 0.25) is 0 Å². The van der Waals surface area contributed by atoms with Gasteiger partial charge in [0.25, 0.3) is 0 Å². The Morgan fingerprint density at radius 2 is 1.63 bits per heavy atom. The van der Waals surface area contributed by atoms with Crippen LogP contribution in [0.15, 0.2) is 84.9 Å². The average molecular weight is 399 g/mol. The summed E-state index contributed by atoms with van der Waals surface area (Å²) in [5, 5.41) is 14.6. The molecule has 0 bridgehead atoms. The molecule has 5 heteroatoms. The highest BCUT2D eigenvalue weighted by molar-refractivity contribution is 5.74. The van der Waals surface area contributed by atoms with Gasteiger partial charge in [-0.2, -0.15) is 5.26 Å². The lowest BCUT2D eigenvalue weighted by Crippen LogP contribution is -2.37. The SMILES string of the molecule is N#CCOc1cccc(CNC(=O)NC(CCc2ccccc2)c2ccccc2)c1. The van der Waals surface area contributed by atoms with Crippen LogP contribution in [0.5, 0.6) is 5.75 Å². The first kappa shape index (κ1) is 20.9. The Morgan fingerprint density at radius 1 is 0.933 bits per heavy atom. The van der Waals surface area contributed by atoms with Gasteiger partial charge in [-0.15, -0.1) is 0 Å². The number of aryl methyl sites for hydroxylation is 1. The summed E-state index contributed by atoms with van der Waals surface area (Å²) in [6.07, 6.45) is 1.68. The van der Waals surface area contributed by atoms with Crippen molar-refractivity contribution in [1.29, 1.82) is 5.26 Å². The Hall–Kier alpha value is -3.78. The number of carbonyl (C=O) groups is 1. The number of rotatable bonds is 9. The highest BCUT2D eigenvalue weighted by atomic mass is 16.5. The van der Waals surface area contributed by atoms with Gasteiger partial charge in [-0.05, 0) is 41.7 Å². The van der Waals surface area contributed by atoms with Crippen LogP contribution in [0.25, 0.3) is 0 Å². The molecule has 3 aromatic rings. The molecule has 1 atom stereocenters. The van der Waals surface area contributed by atoms with E-state index in [1.54, 1.807) is 6.07 Å². The predicted molar refractivity (Wildman–Crippen MR) is 117 cm³/mol. The van der Waals surface area contributed by atoms with Crippen molar-refractivity contribution in [1.82, 2.24) is 10.6 Å². The van der Waals surface area contributed by atoms with Gasteiger partial charge in [0.15, 0.2) is 6.61 Å². The molecule has 0 aliphatic heterocycles. The van der Waals surface area contributed by atoms with E-state index in [9.17, 15) is 4.79 Å². The van der Waals surface area contributed by atoms with Crippen LogP contribution in [-0.2, 0) is 13.0 Å². The Bertz CT molecular complexity index is 968. The molecule has 0 radical (unpaired) electrons. The van der Waals surface area contributed by atoms with Crippen LogP contribution in [0, 0.1) is 11.3 Å². The van der Waals surface area contributed by atoms with Gasteiger partial charge in [0.1, 0.15) is 11.8 Å². The van der Waals surface area contributed by atoms with Crippen molar-refractivity contribution in [3.8, 4) is 11.8 Å². The zero-order valence-electron chi connectivity index (χ0n) is 16.8. The lowest BCUT2D eigenvalue weighted by molar-refractivity contribution is 0.236. The number of nitriles is 1. The van der Waals surface area contributed by atoms with Crippen molar-refractivity contribution in [3.05, 3.63) is 102 Å². The van der Waals surface area contributed by atoms with E-state index in [-0.39, 0.29) is 18.7 Å². The summed E-state index contributed by atoms with van der Waals surface area (Å²) in [5.74, 6) is 0.612. The topological polar surface area (TPSA) is 74.1 Å². The van der Waals surface area contributed by atoms with Gasteiger partial charge in [0.05, 0.1) is 6.04 Å². The molecule has 152 valence electrons. The fraction of sp³-hybridized carbons (Fsp3) is 0.200. The largest absolute Gasteiger partial charge is 0.479 e. The van der Waals surface area contributed by atoms with E-state index < -0.39 is 0 Å². The normalized spacial score (nSPS) is 11.2. The molecule has 0 spiro atoms. The van der Waals surface area contributed by atoms with E-state index in [4.69, 9.17) is 10.00 Å². The molecule has 0 aromatic heterocycles. The number of nitrogens with zero attached hydrogens (tertiary/aromatic N) is 1. The van der Waals surface area contributed by atoms with E-state index in [1.165, 1.54) is 5.56 Å². The van der Waals surface area contributed by atoms with Gasteiger partial charge in [-0.3, -0.25) is 0 Å². The highest BCUT2D eigenvalue weighted by Gasteiger charge is 2.14. The molecule has 30 heavy (non-hydrogen) atoms. The maximum Gasteiger partial charge on any atom is 0.315 e. The maximum atomic E-state index is 12.6. The molecule has 2 amide bonds. The third kappa shape index (κ3) is 6.68. The summed E-state index contributed by atoms with van der Waals surface area (Å²) < 4.78 is 5.31. The second kappa shape index (κ2) is 11.3. The summed E-state index contributed by atoms with van der Waals surface area (Å²) in [6.45, 7) is 0.368. The monoisotopic (exact) mass is 399 g/mol. The Morgan fingerprint density at radius 3 is 2.37 bits per heavy atom. The third-order valence-electron chi connectivity index (χ3n) is 4.73. The van der Waals surface area contributed by atoms with Crippen LogP contribution in [-0.4, -0.2) is 12.6 Å². The zero-order valence-corrected chi connectivity index (χ0v) is 16.8. The van der Waals surface area contributed by atoms with E-state index >= 15 is 0 Å². The lowest BCUT2D eigenvalue weighted by Gasteiger charge is -2.20. The Kier molecular flexibility index (Phi) is 7.87. The smallest absolute Gasteiger partial charge is 0.315 e. The first-order valence-corrected chi connectivity index (χ1v) is 9.96. The van der Waals surface area contributed by atoms with Crippen LogP contribution >= 0.6 is 0 Å². The van der Waals surface area contributed by atoms with Gasteiger partial charge < -0.3 is 15.4 Å². The first-order valence-electron chi connectivity index (χ1n) is 9.96. The predicted octanol–water partition coefficient (Wildman–Crippen LogP) is 4.76. The van der Waals surface area contributed by atoms with Crippen molar-refractivity contribution < 1.29 is 9.53 Å². The van der Waals surface area contributed by atoms with E-state index in [1.807, 2.05) is 72.8 Å². The van der Waals surface area contributed by atoms with Crippen LogP contribution in [0.4, 0.5) is 4.79 Å². The number of hydrogen-bond acceptors (Lipinski definition) is 3. The first-order chi connectivity index (χ1) is 14.7. The number of amides is 2. The molecule has 1 unspecified atom stereocenters. The molecular weight excluding hydrogens is 374 g/mol.